The highest BCUT2D eigenvalue weighted by molar-refractivity contribution is 6.27. The number of Topliss-reactive ketones (excluding diaryl/α,β-unsaturated/α-hetero) is 1. The van der Waals surface area contributed by atoms with Gasteiger partial charge >= 0.3 is 5.97 Å². The Morgan fingerprint density at radius 1 is 1.14 bits per heavy atom. The van der Waals surface area contributed by atoms with Crippen LogP contribution in [0.25, 0.3) is 0 Å². The number of hydrogen-bond acceptors (Lipinski definition) is 7. The van der Waals surface area contributed by atoms with Gasteiger partial charge in [-0.05, 0) is 44.1 Å². The van der Waals surface area contributed by atoms with E-state index < -0.39 is 40.7 Å². The summed E-state index contributed by atoms with van der Waals surface area (Å²) < 4.78 is 5.38. The quantitative estimate of drug-likeness (QED) is 0.389. The fraction of sp³-hybridized carbons (Fsp3) is 0.381. The Bertz CT molecular complexity index is 869. The molecule has 7 heteroatoms. The molecule has 7 nitrogen and oxygen atoms in total. The Hall–Kier alpha value is -2.93. The zero-order chi connectivity index (χ0) is 21.2. The van der Waals surface area contributed by atoms with Gasteiger partial charge in [-0.3, -0.25) is 14.4 Å². The number of phenolic OH excluding ortho intramolecular Hbond substituents is 2. The first-order valence-electron chi connectivity index (χ1n) is 8.87. The number of fused-ring (bicyclic) bond motifs is 1. The summed E-state index contributed by atoms with van der Waals surface area (Å²) in [6.07, 6.45) is 2.51. The molecule has 0 spiro atoms. The molecule has 3 N–H and O–H groups in total. The van der Waals surface area contributed by atoms with Crippen LogP contribution in [0.4, 0.5) is 0 Å². The van der Waals surface area contributed by atoms with Crippen molar-refractivity contribution in [1.29, 1.82) is 0 Å². The van der Waals surface area contributed by atoms with Gasteiger partial charge in [-0.25, -0.2) is 0 Å². The van der Waals surface area contributed by atoms with E-state index in [1.807, 2.05) is 13.8 Å². The number of carbonyl (C=O) groups is 3. The second-order valence-corrected chi connectivity index (χ2v) is 7.67. The number of phenols is 2. The minimum absolute atomic E-state index is 0.0193. The van der Waals surface area contributed by atoms with Crippen molar-refractivity contribution in [3.8, 4) is 11.5 Å². The van der Waals surface area contributed by atoms with E-state index in [1.54, 1.807) is 0 Å². The van der Waals surface area contributed by atoms with Gasteiger partial charge in [0, 0.05) is 12.0 Å². The number of allylic oxidation sites excluding steroid dienone is 1. The summed E-state index contributed by atoms with van der Waals surface area (Å²) in [4.78, 5) is 37.6. The molecule has 0 fully saturated rings. The van der Waals surface area contributed by atoms with Crippen LogP contribution in [0.2, 0.25) is 0 Å². The highest BCUT2D eigenvalue weighted by atomic mass is 16.5. The van der Waals surface area contributed by atoms with Crippen LogP contribution in [0.1, 0.15) is 54.8 Å². The van der Waals surface area contributed by atoms with Crippen molar-refractivity contribution < 1.29 is 34.4 Å². The normalized spacial score (nSPS) is 15.6. The average molecular weight is 388 g/mol. The van der Waals surface area contributed by atoms with E-state index >= 15 is 0 Å². The van der Waals surface area contributed by atoms with Crippen molar-refractivity contribution in [3.05, 3.63) is 47.1 Å². The number of hydrogen-bond donors (Lipinski definition) is 3. The minimum Gasteiger partial charge on any atom is -0.507 e. The van der Waals surface area contributed by atoms with Gasteiger partial charge in [-0.2, -0.15) is 0 Å². The van der Waals surface area contributed by atoms with Crippen molar-refractivity contribution in [2.24, 2.45) is 5.92 Å². The standard InChI is InChI=1S/C21H24O7/c1-11(2)9-17(25)28-16(7-8-21(3,4)27)12-10-15(24)18-13(22)5-6-14(23)19(18)20(12)26/h5-8,10-11,16,22-23,27H,9H2,1-4H3/b8-7+. The van der Waals surface area contributed by atoms with E-state index in [9.17, 15) is 29.7 Å². The van der Waals surface area contributed by atoms with Crippen molar-refractivity contribution >= 4 is 17.5 Å². The van der Waals surface area contributed by atoms with Crippen molar-refractivity contribution in [1.82, 2.24) is 0 Å². The molecule has 150 valence electrons. The molecule has 2 rings (SSSR count). The van der Waals surface area contributed by atoms with E-state index in [0.29, 0.717) is 0 Å². The van der Waals surface area contributed by atoms with Gasteiger partial charge in [0.15, 0.2) is 11.6 Å². The van der Waals surface area contributed by atoms with Crippen LogP contribution in [0.15, 0.2) is 35.9 Å². The van der Waals surface area contributed by atoms with Crippen molar-refractivity contribution in [3.63, 3.8) is 0 Å². The second kappa shape index (κ2) is 7.98. The van der Waals surface area contributed by atoms with Crippen molar-refractivity contribution in [2.45, 2.75) is 45.8 Å². The van der Waals surface area contributed by atoms with Crippen LogP contribution in [0.5, 0.6) is 11.5 Å². The molecule has 1 atom stereocenters. The average Bonchev–Trinajstić information content (AvgIpc) is 2.55. The first-order chi connectivity index (χ1) is 12.9. The smallest absolute Gasteiger partial charge is 0.306 e. The Labute approximate surface area is 163 Å². The molecule has 1 aliphatic carbocycles. The summed E-state index contributed by atoms with van der Waals surface area (Å²) in [5.74, 6) is -2.89. The SMILES string of the molecule is CC(C)CC(=O)OC(/C=C/C(C)(C)O)C1=CC(=O)c2c(O)ccc(O)c2C1=O. The Morgan fingerprint density at radius 3 is 2.25 bits per heavy atom. The molecule has 0 heterocycles. The number of ketones is 2. The van der Waals surface area contributed by atoms with Crippen LogP contribution in [0.3, 0.4) is 0 Å². The summed E-state index contributed by atoms with van der Waals surface area (Å²) >= 11 is 0. The number of carbonyl (C=O) groups excluding carboxylic acids is 3. The maximum absolute atomic E-state index is 12.9. The van der Waals surface area contributed by atoms with Gasteiger partial charge in [0.25, 0.3) is 0 Å². The van der Waals surface area contributed by atoms with Crippen LogP contribution < -0.4 is 0 Å². The van der Waals surface area contributed by atoms with Crippen LogP contribution in [-0.4, -0.2) is 44.6 Å². The number of rotatable bonds is 6. The maximum atomic E-state index is 12.9. The number of ether oxygens (including phenoxy) is 1. The Balaban J connectivity index is 2.49. The van der Waals surface area contributed by atoms with Crippen LogP contribution in [-0.2, 0) is 9.53 Å². The van der Waals surface area contributed by atoms with Gasteiger partial charge in [0.05, 0.1) is 16.7 Å². The molecule has 0 saturated heterocycles. The zero-order valence-electron chi connectivity index (χ0n) is 16.2. The molecule has 0 aliphatic heterocycles. The summed E-state index contributed by atoms with van der Waals surface area (Å²) in [7, 11) is 0. The molecule has 1 aromatic carbocycles. The van der Waals surface area contributed by atoms with Gasteiger partial charge in [0.1, 0.15) is 17.6 Å². The van der Waals surface area contributed by atoms with Crippen molar-refractivity contribution in [2.75, 3.05) is 0 Å². The second-order valence-electron chi connectivity index (χ2n) is 7.67. The third kappa shape index (κ3) is 4.86. The molecule has 1 unspecified atom stereocenters. The van der Waals surface area contributed by atoms with Gasteiger partial charge in [-0.15, -0.1) is 0 Å². The zero-order valence-corrected chi connectivity index (χ0v) is 16.2. The predicted octanol–water partition coefficient (Wildman–Crippen LogP) is 2.69. The lowest BCUT2D eigenvalue weighted by molar-refractivity contribution is -0.146. The monoisotopic (exact) mass is 388 g/mol. The number of benzene rings is 1. The molecule has 28 heavy (non-hydrogen) atoms. The first-order valence-corrected chi connectivity index (χ1v) is 8.87. The summed E-state index contributed by atoms with van der Waals surface area (Å²) in [5, 5.41) is 29.9. The number of aliphatic hydroxyl groups is 1. The molecule has 1 aliphatic rings. The van der Waals surface area contributed by atoms with E-state index in [2.05, 4.69) is 0 Å². The van der Waals surface area contributed by atoms with E-state index in [1.165, 1.54) is 26.0 Å². The lowest BCUT2D eigenvalue weighted by atomic mass is 9.85. The summed E-state index contributed by atoms with van der Waals surface area (Å²) in [5.41, 5.74) is -2.06. The molecule has 0 aromatic heterocycles. The van der Waals surface area contributed by atoms with E-state index in [-0.39, 0.29) is 29.0 Å². The molecule has 0 saturated carbocycles. The maximum Gasteiger partial charge on any atom is 0.306 e. The lowest BCUT2D eigenvalue weighted by Gasteiger charge is -2.23. The van der Waals surface area contributed by atoms with E-state index in [0.717, 1.165) is 18.2 Å². The molecular weight excluding hydrogens is 364 g/mol. The summed E-state index contributed by atoms with van der Waals surface area (Å²) in [6, 6.07) is 2.22. The molecule has 0 bridgehead atoms. The van der Waals surface area contributed by atoms with Gasteiger partial charge < -0.3 is 20.1 Å². The Kier molecular flexibility index (Phi) is 6.09. The summed E-state index contributed by atoms with van der Waals surface area (Å²) in [6.45, 7) is 6.65. The third-order valence-corrected chi connectivity index (χ3v) is 4.00. The fourth-order valence-electron chi connectivity index (χ4n) is 2.75. The Morgan fingerprint density at radius 2 is 1.71 bits per heavy atom. The highest BCUT2D eigenvalue weighted by Crippen LogP contribution is 2.36. The fourth-order valence-corrected chi connectivity index (χ4v) is 2.75. The highest BCUT2D eigenvalue weighted by Gasteiger charge is 2.35. The molecule has 0 radical (unpaired) electrons. The molecule has 0 amide bonds. The van der Waals surface area contributed by atoms with Crippen LogP contribution >= 0.6 is 0 Å². The lowest BCUT2D eigenvalue weighted by Crippen LogP contribution is -2.29. The topological polar surface area (TPSA) is 121 Å². The minimum atomic E-state index is -1.25. The molecular formula is C21H24O7. The number of aromatic hydroxyl groups is 2. The van der Waals surface area contributed by atoms with Gasteiger partial charge in [-0.1, -0.05) is 19.9 Å². The number of esters is 1. The molecule has 1 aromatic rings. The van der Waals surface area contributed by atoms with Gasteiger partial charge in [0.2, 0.25) is 0 Å². The van der Waals surface area contributed by atoms with Crippen LogP contribution in [0, 0.1) is 5.92 Å². The van der Waals surface area contributed by atoms with E-state index in [4.69, 9.17) is 4.74 Å². The largest absolute Gasteiger partial charge is 0.507 e. The predicted molar refractivity (Wildman–Crippen MR) is 101 cm³/mol. The first kappa shape index (κ1) is 21.4. The third-order valence-electron chi connectivity index (χ3n) is 4.00.